The number of alkyl halides is 3. The number of hydrogen-bond acceptors (Lipinski definition) is 3. The lowest BCUT2D eigenvalue weighted by Gasteiger charge is -2.11. The van der Waals surface area contributed by atoms with Gasteiger partial charge in [-0.25, -0.2) is 4.98 Å². The van der Waals surface area contributed by atoms with Crippen molar-refractivity contribution in [3.63, 3.8) is 0 Å². The monoisotopic (exact) mass is 250 g/mol. The van der Waals surface area contributed by atoms with E-state index >= 15 is 0 Å². The van der Waals surface area contributed by atoms with Crippen molar-refractivity contribution in [2.45, 2.75) is 38.9 Å². The van der Waals surface area contributed by atoms with Gasteiger partial charge in [0.05, 0.1) is 12.5 Å². The minimum Gasteiger partial charge on any atom is -0.346 e. The van der Waals surface area contributed by atoms with Crippen LogP contribution >= 0.6 is 0 Å². The summed E-state index contributed by atoms with van der Waals surface area (Å²) in [6.45, 7) is 3.29. The van der Waals surface area contributed by atoms with Gasteiger partial charge in [0.15, 0.2) is 5.82 Å². The standard InChI is InChI=1S/C9H13F3N4O/c1-5(8-14-6(2)15-16-8)13-7(17)3-4-9(10,11)12/h5H,3-4H2,1-2H3,(H,13,17)(H,14,15,16). The Kier molecular flexibility index (Phi) is 4.08. The third-order valence-electron chi connectivity index (χ3n) is 2.01. The zero-order valence-electron chi connectivity index (χ0n) is 9.43. The summed E-state index contributed by atoms with van der Waals surface area (Å²) in [5, 5.41) is 8.79. The first kappa shape index (κ1) is 13.5. The molecule has 0 saturated heterocycles. The maximum atomic E-state index is 11.9. The summed E-state index contributed by atoms with van der Waals surface area (Å²) in [6.07, 6.45) is -6.03. The van der Waals surface area contributed by atoms with Gasteiger partial charge >= 0.3 is 6.18 Å². The van der Waals surface area contributed by atoms with E-state index in [4.69, 9.17) is 0 Å². The summed E-state index contributed by atoms with van der Waals surface area (Å²) in [4.78, 5) is 15.2. The molecule has 17 heavy (non-hydrogen) atoms. The molecular formula is C9H13F3N4O. The summed E-state index contributed by atoms with van der Waals surface area (Å²) in [6, 6.07) is -0.513. The van der Waals surface area contributed by atoms with Crippen molar-refractivity contribution in [1.29, 1.82) is 0 Å². The number of carbonyl (C=O) groups excluding carboxylic acids is 1. The number of nitrogens with one attached hydrogen (secondary N) is 2. The molecule has 2 N–H and O–H groups in total. The lowest BCUT2D eigenvalue weighted by atomic mass is 10.2. The van der Waals surface area contributed by atoms with E-state index in [1.807, 2.05) is 0 Å². The first-order chi connectivity index (χ1) is 7.78. The molecule has 1 aromatic rings. The van der Waals surface area contributed by atoms with Crippen LogP contribution in [0.4, 0.5) is 13.2 Å². The van der Waals surface area contributed by atoms with E-state index < -0.39 is 31.0 Å². The fourth-order valence-corrected chi connectivity index (χ4v) is 1.19. The highest BCUT2D eigenvalue weighted by Crippen LogP contribution is 2.21. The second-order valence-corrected chi connectivity index (χ2v) is 3.68. The van der Waals surface area contributed by atoms with E-state index in [-0.39, 0.29) is 0 Å². The van der Waals surface area contributed by atoms with Crippen LogP contribution in [0.2, 0.25) is 0 Å². The number of amides is 1. The molecule has 96 valence electrons. The zero-order chi connectivity index (χ0) is 13.1. The maximum absolute atomic E-state index is 11.9. The van der Waals surface area contributed by atoms with Gasteiger partial charge in [-0.2, -0.15) is 18.3 Å². The van der Waals surface area contributed by atoms with E-state index in [1.54, 1.807) is 13.8 Å². The van der Waals surface area contributed by atoms with E-state index in [0.29, 0.717) is 11.6 Å². The highest BCUT2D eigenvalue weighted by Gasteiger charge is 2.28. The van der Waals surface area contributed by atoms with E-state index in [1.165, 1.54) is 0 Å². The lowest BCUT2D eigenvalue weighted by Crippen LogP contribution is -2.28. The SMILES string of the molecule is Cc1nc(C(C)NC(=O)CCC(F)(F)F)n[nH]1. The Labute approximate surface area is 95.8 Å². The summed E-state index contributed by atoms with van der Waals surface area (Å²) in [5.41, 5.74) is 0. The molecule has 1 amide bonds. The molecule has 1 rings (SSSR count). The molecule has 1 aromatic heterocycles. The van der Waals surface area contributed by atoms with Crippen LogP contribution in [0.15, 0.2) is 0 Å². The largest absolute Gasteiger partial charge is 0.389 e. The predicted molar refractivity (Wildman–Crippen MR) is 53.0 cm³/mol. The highest BCUT2D eigenvalue weighted by molar-refractivity contribution is 5.76. The Morgan fingerprint density at radius 3 is 2.65 bits per heavy atom. The van der Waals surface area contributed by atoms with Gasteiger partial charge in [0, 0.05) is 6.42 Å². The third kappa shape index (κ3) is 4.83. The fraction of sp³-hybridized carbons (Fsp3) is 0.667. The summed E-state index contributed by atoms with van der Waals surface area (Å²) >= 11 is 0. The molecule has 0 aliphatic heterocycles. The van der Waals surface area contributed by atoms with Gasteiger partial charge in [-0.3, -0.25) is 9.89 Å². The van der Waals surface area contributed by atoms with Crippen molar-refractivity contribution in [1.82, 2.24) is 20.5 Å². The molecule has 0 aromatic carbocycles. The van der Waals surface area contributed by atoms with Gasteiger partial charge in [-0.15, -0.1) is 0 Å². The number of aromatic nitrogens is 3. The Bertz CT molecular complexity index is 388. The maximum Gasteiger partial charge on any atom is 0.389 e. The number of hydrogen-bond donors (Lipinski definition) is 2. The first-order valence-electron chi connectivity index (χ1n) is 5.03. The van der Waals surface area contributed by atoms with Crippen molar-refractivity contribution in [3.05, 3.63) is 11.6 Å². The molecule has 0 bridgehead atoms. The van der Waals surface area contributed by atoms with E-state index in [9.17, 15) is 18.0 Å². The Hall–Kier alpha value is -1.60. The molecule has 1 heterocycles. The van der Waals surface area contributed by atoms with Crippen LogP contribution < -0.4 is 5.32 Å². The number of carbonyl (C=O) groups is 1. The molecule has 0 fully saturated rings. The van der Waals surface area contributed by atoms with E-state index in [0.717, 1.165) is 0 Å². The molecule has 0 spiro atoms. The quantitative estimate of drug-likeness (QED) is 0.853. The van der Waals surface area contributed by atoms with Gasteiger partial charge in [0.2, 0.25) is 5.91 Å². The third-order valence-corrected chi connectivity index (χ3v) is 2.01. The molecule has 0 saturated carbocycles. The smallest absolute Gasteiger partial charge is 0.346 e. The van der Waals surface area contributed by atoms with Crippen LogP contribution in [0.5, 0.6) is 0 Å². The fourth-order valence-electron chi connectivity index (χ4n) is 1.19. The van der Waals surface area contributed by atoms with Crippen molar-refractivity contribution in [2.75, 3.05) is 0 Å². The molecule has 5 nitrogen and oxygen atoms in total. The number of rotatable bonds is 4. The van der Waals surface area contributed by atoms with Crippen LogP contribution in [0, 0.1) is 6.92 Å². The Morgan fingerprint density at radius 1 is 1.53 bits per heavy atom. The average molecular weight is 250 g/mol. The number of aryl methyl sites for hydroxylation is 1. The van der Waals surface area contributed by atoms with E-state index in [2.05, 4.69) is 20.5 Å². The van der Waals surface area contributed by atoms with Gasteiger partial charge in [-0.1, -0.05) is 0 Å². The number of aromatic amines is 1. The van der Waals surface area contributed by atoms with Gasteiger partial charge in [0.1, 0.15) is 5.82 Å². The van der Waals surface area contributed by atoms with Crippen LogP contribution in [0.3, 0.4) is 0 Å². The highest BCUT2D eigenvalue weighted by atomic mass is 19.4. The average Bonchev–Trinajstić information content (AvgIpc) is 2.61. The van der Waals surface area contributed by atoms with Gasteiger partial charge in [0.25, 0.3) is 0 Å². The molecule has 0 aliphatic carbocycles. The van der Waals surface area contributed by atoms with Crippen LogP contribution in [-0.2, 0) is 4.79 Å². The minimum absolute atomic E-state index is 0.350. The van der Waals surface area contributed by atoms with Crippen molar-refractivity contribution < 1.29 is 18.0 Å². The number of H-pyrrole nitrogens is 1. The molecular weight excluding hydrogens is 237 g/mol. The Balaban J connectivity index is 2.41. The van der Waals surface area contributed by atoms with Crippen LogP contribution in [0.25, 0.3) is 0 Å². The number of halogens is 3. The van der Waals surface area contributed by atoms with Crippen molar-refractivity contribution in [3.8, 4) is 0 Å². The second kappa shape index (κ2) is 5.15. The Morgan fingerprint density at radius 2 is 2.18 bits per heavy atom. The summed E-state index contributed by atoms with van der Waals surface area (Å²) in [7, 11) is 0. The summed E-state index contributed by atoms with van der Waals surface area (Å²) < 4.78 is 35.6. The normalized spacial score (nSPS) is 13.5. The lowest BCUT2D eigenvalue weighted by molar-refractivity contribution is -0.144. The van der Waals surface area contributed by atoms with Crippen molar-refractivity contribution >= 4 is 5.91 Å². The predicted octanol–water partition coefficient (Wildman–Crippen LogP) is 1.63. The van der Waals surface area contributed by atoms with Gasteiger partial charge in [-0.05, 0) is 13.8 Å². The van der Waals surface area contributed by atoms with Crippen molar-refractivity contribution in [2.24, 2.45) is 0 Å². The minimum atomic E-state index is -4.32. The first-order valence-corrected chi connectivity index (χ1v) is 5.03. The summed E-state index contributed by atoms with van der Waals surface area (Å²) in [5.74, 6) is 0.261. The van der Waals surface area contributed by atoms with Crippen LogP contribution in [-0.4, -0.2) is 27.3 Å². The molecule has 0 aliphatic rings. The second-order valence-electron chi connectivity index (χ2n) is 3.68. The molecule has 1 atom stereocenters. The zero-order valence-corrected chi connectivity index (χ0v) is 9.43. The number of nitrogens with zero attached hydrogens (tertiary/aromatic N) is 2. The molecule has 0 radical (unpaired) electrons. The molecule has 8 heteroatoms. The van der Waals surface area contributed by atoms with Crippen LogP contribution in [0.1, 0.15) is 37.5 Å². The van der Waals surface area contributed by atoms with Gasteiger partial charge < -0.3 is 5.32 Å². The topological polar surface area (TPSA) is 70.7 Å². The molecule has 1 unspecified atom stereocenters.